The van der Waals surface area contributed by atoms with Crippen molar-refractivity contribution in [1.29, 1.82) is 0 Å². The number of aliphatic hydroxyl groups is 1. The number of rotatable bonds is 21. The molecule has 0 saturated carbocycles. The zero-order valence-electron chi connectivity index (χ0n) is 19.3. The molecule has 3 N–H and O–H groups in total. The number of unbranched alkanes of at least 4 members (excludes halogenated alkanes) is 10. The summed E-state index contributed by atoms with van der Waals surface area (Å²) in [6, 6.07) is -0.976. The Morgan fingerprint density at radius 2 is 1.23 bits per heavy atom. The second kappa shape index (κ2) is 19.5. The summed E-state index contributed by atoms with van der Waals surface area (Å²) >= 11 is 0. The van der Waals surface area contributed by atoms with E-state index in [2.05, 4.69) is 12.2 Å². The number of carboxylic acid groups (broad SMARTS) is 1. The van der Waals surface area contributed by atoms with Gasteiger partial charge in [-0.2, -0.15) is 0 Å². The fraction of sp³-hybridized carbons (Fsp3) is 0.875. The van der Waals surface area contributed by atoms with E-state index in [0.29, 0.717) is 6.42 Å². The first-order valence-electron chi connectivity index (χ1n) is 12.1. The Morgan fingerprint density at radius 1 is 0.733 bits per heavy atom. The molecule has 6 heteroatoms. The van der Waals surface area contributed by atoms with Crippen LogP contribution < -0.4 is 5.32 Å². The van der Waals surface area contributed by atoms with Crippen molar-refractivity contribution in [2.45, 2.75) is 135 Å². The number of amides is 1. The number of carbonyl (C=O) groups is 3. The third kappa shape index (κ3) is 18.6. The van der Waals surface area contributed by atoms with Gasteiger partial charge in [0.2, 0.25) is 5.91 Å². The molecule has 30 heavy (non-hydrogen) atoms. The topological polar surface area (TPSA) is 104 Å². The van der Waals surface area contributed by atoms with Crippen molar-refractivity contribution in [1.82, 2.24) is 5.32 Å². The summed E-state index contributed by atoms with van der Waals surface area (Å²) in [5.74, 6) is -1.41. The van der Waals surface area contributed by atoms with E-state index in [1.807, 2.05) is 0 Å². The number of Topliss-reactive ketones (excluding diaryl/α,β-unsaturated/α-hetero) is 1. The van der Waals surface area contributed by atoms with Gasteiger partial charge < -0.3 is 20.3 Å². The smallest absolute Gasteiger partial charge is 0.326 e. The maximum Gasteiger partial charge on any atom is 0.326 e. The van der Waals surface area contributed by atoms with Crippen molar-refractivity contribution in [2.75, 3.05) is 0 Å². The highest BCUT2D eigenvalue weighted by atomic mass is 16.4. The Morgan fingerprint density at radius 3 is 1.73 bits per heavy atom. The summed E-state index contributed by atoms with van der Waals surface area (Å²) in [5, 5.41) is 21.6. The summed E-state index contributed by atoms with van der Waals surface area (Å²) in [7, 11) is 0. The van der Waals surface area contributed by atoms with Crippen molar-refractivity contribution in [3.63, 3.8) is 0 Å². The quantitative estimate of drug-likeness (QED) is 0.220. The summed E-state index contributed by atoms with van der Waals surface area (Å²) in [4.78, 5) is 34.0. The van der Waals surface area contributed by atoms with Crippen molar-refractivity contribution < 1.29 is 24.6 Å². The maximum absolute atomic E-state index is 11.9. The lowest BCUT2D eigenvalue weighted by molar-refractivity contribution is -0.142. The summed E-state index contributed by atoms with van der Waals surface area (Å²) in [5.41, 5.74) is 0. The molecule has 0 aliphatic heterocycles. The van der Waals surface area contributed by atoms with Crippen LogP contribution in [0.5, 0.6) is 0 Å². The number of hydrogen-bond donors (Lipinski definition) is 3. The molecule has 0 rings (SSSR count). The SMILES string of the molecule is CCCCCCC(O)CCCCCCCCCCC(=O)NC(CCC(C)=O)C(=O)O. The molecule has 0 spiro atoms. The minimum atomic E-state index is -1.09. The van der Waals surface area contributed by atoms with Crippen LogP contribution in [0.2, 0.25) is 0 Å². The first-order valence-corrected chi connectivity index (χ1v) is 12.1. The van der Waals surface area contributed by atoms with E-state index in [1.54, 1.807) is 0 Å². The molecule has 0 aliphatic rings. The zero-order valence-corrected chi connectivity index (χ0v) is 19.3. The summed E-state index contributed by atoms with van der Waals surface area (Å²) in [6.45, 7) is 3.61. The molecule has 0 bridgehead atoms. The minimum absolute atomic E-state index is 0.0749. The molecule has 1 amide bonds. The van der Waals surface area contributed by atoms with Crippen LogP contribution >= 0.6 is 0 Å². The first kappa shape index (κ1) is 28.6. The van der Waals surface area contributed by atoms with Crippen molar-refractivity contribution in [3.8, 4) is 0 Å². The molecule has 2 atom stereocenters. The lowest BCUT2D eigenvalue weighted by Gasteiger charge is -2.13. The number of nitrogens with one attached hydrogen (secondary N) is 1. The van der Waals surface area contributed by atoms with Crippen LogP contribution in [0.15, 0.2) is 0 Å². The highest BCUT2D eigenvalue weighted by Gasteiger charge is 2.19. The Balaban J connectivity index is 3.54. The van der Waals surface area contributed by atoms with Crippen LogP contribution in [0, 0.1) is 0 Å². The maximum atomic E-state index is 11.9. The second-order valence-electron chi connectivity index (χ2n) is 8.57. The van der Waals surface area contributed by atoms with Crippen molar-refractivity contribution >= 4 is 17.7 Å². The molecule has 6 nitrogen and oxygen atoms in total. The molecular weight excluding hydrogens is 382 g/mol. The Bertz CT molecular complexity index is 467. The molecule has 176 valence electrons. The van der Waals surface area contributed by atoms with E-state index in [4.69, 9.17) is 5.11 Å². The molecule has 0 fully saturated rings. The Labute approximate surface area is 183 Å². The highest BCUT2D eigenvalue weighted by Crippen LogP contribution is 2.14. The number of aliphatic carboxylic acids is 1. The van der Waals surface area contributed by atoms with Crippen LogP contribution in [0.1, 0.15) is 123 Å². The Hall–Kier alpha value is -1.43. The van der Waals surface area contributed by atoms with Gasteiger partial charge in [-0.3, -0.25) is 4.79 Å². The molecule has 0 aromatic rings. The third-order valence-corrected chi connectivity index (χ3v) is 5.50. The predicted octanol–water partition coefficient (Wildman–Crippen LogP) is 5.16. The number of ketones is 1. The molecule has 0 radical (unpaired) electrons. The van der Waals surface area contributed by atoms with Crippen LogP contribution in [0.25, 0.3) is 0 Å². The highest BCUT2D eigenvalue weighted by molar-refractivity contribution is 5.84. The molecule has 0 aromatic heterocycles. The third-order valence-electron chi connectivity index (χ3n) is 5.50. The van der Waals surface area contributed by atoms with Gasteiger partial charge in [-0.1, -0.05) is 77.6 Å². The normalized spacial score (nSPS) is 13.0. The van der Waals surface area contributed by atoms with Crippen molar-refractivity contribution in [2.24, 2.45) is 0 Å². The van der Waals surface area contributed by atoms with Crippen LogP contribution in [0.3, 0.4) is 0 Å². The fourth-order valence-corrected chi connectivity index (χ4v) is 3.55. The van der Waals surface area contributed by atoms with E-state index in [9.17, 15) is 19.5 Å². The number of aliphatic hydroxyl groups excluding tert-OH is 1. The van der Waals surface area contributed by atoms with Gasteiger partial charge in [0, 0.05) is 12.8 Å². The molecular formula is C24H45NO5. The van der Waals surface area contributed by atoms with Gasteiger partial charge in [0.15, 0.2) is 0 Å². The monoisotopic (exact) mass is 427 g/mol. The minimum Gasteiger partial charge on any atom is -0.480 e. The van der Waals surface area contributed by atoms with Gasteiger partial charge in [0.1, 0.15) is 11.8 Å². The van der Waals surface area contributed by atoms with E-state index in [1.165, 1.54) is 45.4 Å². The number of hydrogen-bond acceptors (Lipinski definition) is 4. The van der Waals surface area contributed by atoms with Gasteiger partial charge in [0.05, 0.1) is 6.10 Å². The van der Waals surface area contributed by atoms with E-state index < -0.39 is 12.0 Å². The van der Waals surface area contributed by atoms with Gasteiger partial charge in [-0.25, -0.2) is 4.79 Å². The van der Waals surface area contributed by atoms with E-state index in [-0.39, 0.29) is 30.6 Å². The van der Waals surface area contributed by atoms with E-state index in [0.717, 1.165) is 51.4 Å². The number of carboxylic acids is 1. The molecule has 0 aromatic carbocycles. The summed E-state index contributed by atoms with van der Waals surface area (Å²) in [6.07, 6.45) is 15.9. The average Bonchev–Trinajstić information content (AvgIpc) is 2.69. The largest absolute Gasteiger partial charge is 0.480 e. The van der Waals surface area contributed by atoms with Gasteiger partial charge in [-0.15, -0.1) is 0 Å². The van der Waals surface area contributed by atoms with Crippen molar-refractivity contribution in [3.05, 3.63) is 0 Å². The summed E-state index contributed by atoms with van der Waals surface area (Å²) < 4.78 is 0. The van der Waals surface area contributed by atoms with Gasteiger partial charge in [-0.05, 0) is 32.6 Å². The lowest BCUT2D eigenvalue weighted by Crippen LogP contribution is -2.40. The molecule has 0 saturated heterocycles. The van der Waals surface area contributed by atoms with Crippen LogP contribution in [-0.4, -0.2) is 40.0 Å². The van der Waals surface area contributed by atoms with E-state index >= 15 is 0 Å². The second-order valence-corrected chi connectivity index (χ2v) is 8.57. The molecule has 0 heterocycles. The standard InChI is InChI=1S/C24H45NO5/c1-3-4-5-12-15-21(27)16-13-10-8-6-7-9-11-14-17-23(28)25-22(24(29)30)19-18-20(2)26/h21-22,27H,3-19H2,1-2H3,(H,25,28)(H,29,30). The average molecular weight is 428 g/mol. The predicted molar refractivity (Wildman–Crippen MR) is 120 cm³/mol. The first-order chi connectivity index (χ1) is 14.4. The fourth-order valence-electron chi connectivity index (χ4n) is 3.55. The van der Waals surface area contributed by atoms with Crippen LogP contribution in [0.4, 0.5) is 0 Å². The number of carbonyl (C=O) groups excluding carboxylic acids is 2. The van der Waals surface area contributed by atoms with Gasteiger partial charge >= 0.3 is 5.97 Å². The zero-order chi connectivity index (χ0) is 22.6. The molecule has 0 aliphatic carbocycles. The molecule has 2 unspecified atom stereocenters. The van der Waals surface area contributed by atoms with Crippen LogP contribution in [-0.2, 0) is 14.4 Å². The van der Waals surface area contributed by atoms with Gasteiger partial charge in [0.25, 0.3) is 0 Å². The Kier molecular flexibility index (Phi) is 18.6. The lowest BCUT2D eigenvalue weighted by atomic mass is 10.0.